The van der Waals surface area contributed by atoms with Gasteiger partial charge in [0.15, 0.2) is 23.2 Å². The number of hydrogen-bond donors (Lipinski definition) is 8. The van der Waals surface area contributed by atoms with Crippen LogP contribution in [0.25, 0.3) is 11.2 Å². The molecule has 268 valence electrons. The highest BCUT2D eigenvalue weighted by Crippen LogP contribution is 2.66. The topological polar surface area (TPSA) is 342 Å². The van der Waals surface area contributed by atoms with Crippen LogP contribution in [-0.4, -0.2) is 86.0 Å². The summed E-state index contributed by atoms with van der Waals surface area (Å²) in [6, 6.07) is 10.9. The quantitative estimate of drug-likeness (QED) is 0.0514. The van der Waals surface area contributed by atoms with Crippen molar-refractivity contribution >= 4 is 52.3 Å². The number of carbonyl (C=O) groups excluding carboxylic acids is 2. The highest BCUT2D eigenvalue weighted by Gasteiger charge is 2.45. The molecule has 6 unspecified atom stereocenters. The molecular formula is C25H26N5O17P3. The molecule has 0 bridgehead atoms. The summed E-state index contributed by atoms with van der Waals surface area (Å²) in [4.78, 5) is 85.4. The van der Waals surface area contributed by atoms with Gasteiger partial charge in [0.05, 0.1) is 18.5 Å². The van der Waals surface area contributed by atoms with E-state index in [1.807, 2.05) is 0 Å². The van der Waals surface area contributed by atoms with Crippen LogP contribution in [0.3, 0.4) is 0 Å². The van der Waals surface area contributed by atoms with Gasteiger partial charge >= 0.3 is 29.4 Å². The first-order chi connectivity index (χ1) is 23.3. The standard InChI is InChI=1S/C25H26N5O17P3/c26-25-28-21-17(22(34)29-25)27-11-30(21)23-20(33)19(32)16(45-23)10-43-24(35)13-6-7-15(18(31)12-4-2-1-3-5-12)14(8-13)9-44-49(39,40)47-50(41,42)46-48(36,37)38/h1-8,11,16,19-20,23,32-33H,9-10H2,(H,39,40)(H,41,42)(H2,36,37,38)(H3,26,28,29,34). The number of rotatable bonds is 13. The number of aliphatic hydroxyl groups excluding tert-OH is 2. The zero-order valence-electron chi connectivity index (χ0n) is 24.9. The van der Waals surface area contributed by atoms with Crippen molar-refractivity contribution in [3.05, 3.63) is 87.5 Å². The van der Waals surface area contributed by atoms with E-state index in [-0.39, 0.29) is 39.4 Å². The highest BCUT2D eigenvalue weighted by molar-refractivity contribution is 7.66. The summed E-state index contributed by atoms with van der Waals surface area (Å²) < 4.78 is 59.2. The maximum absolute atomic E-state index is 13.2. The van der Waals surface area contributed by atoms with Gasteiger partial charge < -0.3 is 45.0 Å². The van der Waals surface area contributed by atoms with E-state index < -0.39 is 78.5 Å². The van der Waals surface area contributed by atoms with Crippen LogP contribution in [0.4, 0.5) is 5.95 Å². The number of ketones is 1. The Balaban J connectivity index is 1.33. The zero-order chi connectivity index (χ0) is 36.6. The number of nitrogens with two attached hydrogens (primary N) is 1. The van der Waals surface area contributed by atoms with Crippen molar-refractivity contribution in [1.82, 2.24) is 19.5 Å². The fourth-order valence-corrected chi connectivity index (χ4v) is 7.72. The summed E-state index contributed by atoms with van der Waals surface area (Å²) in [6.07, 6.45) is -4.75. The number of H-pyrrole nitrogens is 1. The second-order valence-corrected chi connectivity index (χ2v) is 14.8. The monoisotopic (exact) mass is 761 g/mol. The summed E-state index contributed by atoms with van der Waals surface area (Å²) in [5.74, 6) is -1.98. The van der Waals surface area contributed by atoms with Crippen molar-refractivity contribution in [2.24, 2.45) is 0 Å². The molecule has 0 aliphatic carbocycles. The molecule has 1 aliphatic rings. The van der Waals surface area contributed by atoms with E-state index in [1.165, 1.54) is 12.1 Å². The van der Waals surface area contributed by atoms with Crippen molar-refractivity contribution in [2.75, 3.05) is 12.3 Å². The fraction of sp³-hybridized carbons (Fsp3) is 0.240. The van der Waals surface area contributed by atoms with Crippen molar-refractivity contribution in [2.45, 2.75) is 31.1 Å². The van der Waals surface area contributed by atoms with E-state index >= 15 is 0 Å². The van der Waals surface area contributed by atoms with E-state index in [2.05, 4.69) is 28.1 Å². The number of aliphatic hydroxyl groups is 2. The third-order valence-corrected chi connectivity index (χ3v) is 10.6. The van der Waals surface area contributed by atoms with Gasteiger partial charge in [-0.2, -0.15) is 13.6 Å². The smallest absolute Gasteiger partial charge is 0.459 e. The van der Waals surface area contributed by atoms with E-state index in [4.69, 9.17) is 25.0 Å². The number of phosphoric acid groups is 3. The molecule has 1 saturated heterocycles. The van der Waals surface area contributed by atoms with Gasteiger partial charge in [-0.15, -0.1) is 0 Å². The number of hydrogen-bond acceptors (Lipinski definition) is 16. The van der Waals surface area contributed by atoms with Gasteiger partial charge in [0, 0.05) is 11.1 Å². The van der Waals surface area contributed by atoms with E-state index in [9.17, 15) is 48.1 Å². The van der Waals surface area contributed by atoms with Crippen molar-refractivity contribution in [3.63, 3.8) is 0 Å². The predicted octanol–water partition coefficient (Wildman–Crippen LogP) is 0.252. The first-order valence-corrected chi connectivity index (χ1v) is 18.3. The summed E-state index contributed by atoms with van der Waals surface area (Å²) >= 11 is 0. The van der Waals surface area contributed by atoms with Gasteiger partial charge in [-0.25, -0.2) is 23.5 Å². The lowest BCUT2D eigenvalue weighted by molar-refractivity contribution is -0.0565. The minimum absolute atomic E-state index is 0.0611. The molecule has 25 heteroatoms. The van der Waals surface area contributed by atoms with Crippen LogP contribution in [0.1, 0.15) is 38.1 Å². The third kappa shape index (κ3) is 8.66. The average Bonchev–Trinajstić information content (AvgIpc) is 3.57. The second-order valence-electron chi connectivity index (χ2n) is 10.4. The van der Waals surface area contributed by atoms with Gasteiger partial charge in [0.2, 0.25) is 5.95 Å². The molecule has 0 saturated carbocycles. The minimum atomic E-state index is -5.85. The number of carbonyl (C=O) groups is 2. The number of ether oxygens (including phenoxy) is 2. The Kier molecular flexibility index (Phi) is 10.7. The third-order valence-electron chi connectivity index (χ3n) is 6.86. The molecule has 9 N–H and O–H groups in total. The molecule has 0 amide bonds. The number of aromatic nitrogens is 4. The van der Waals surface area contributed by atoms with Gasteiger partial charge in [-0.05, 0) is 23.8 Å². The summed E-state index contributed by atoms with van der Waals surface area (Å²) in [5, 5.41) is 21.3. The maximum atomic E-state index is 13.2. The maximum Gasteiger partial charge on any atom is 0.490 e. The molecule has 0 spiro atoms. The Morgan fingerprint density at radius 1 is 0.960 bits per heavy atom. The number of nitrogens with zero attached hydrogens (tertiary/aromatic N) is 3. The molecule has 0 radical (unpaired) electrons. The predicted molar refractivity (Wildman–Crippen MR) is 164 cm³/mol. The second kappa shape index (κ2) is 14.3. The SMILES string of the molecule is Nc1nc2c(ncn2C2OC(COC(=O)c3ccc(C(=O)c4ccccc4)c(COP(=O)(O)OP(=O)(O)OP(=O)(O)O)c3)C(O)C2O)c(=O)[nH]1. The molecule has 4 aromatic rings. The molecule has 3 heterocycles. The van der Waals surface area contributed by atoms with Crippen LogP contribution in [0.5, 0.6) is 0 Å². The van der Waals surface area contributed by atoms with E-state index in [1.54, 1.807) is 18.2 Å². The van der Waals surface area contributed by atoms with Crippen molar-refractivity contribution in [3.8, 4) is 0 Å². The number of fused-ring (bicyclic) bond motifs is 1. The number of nitrogens with one attached hydrogen (secondary N) is 1. The zero-order valence-corrected chi connectivity index (χ0v) is 27.5. The Morgan fingerprint density at radius 2 is 1.66 bits per heavy atom. The Hall–Kier alpha value is -3.98. The molecule has 2 aromatic heterocycles. The van der Waals surface area contributed by atoms with E-state index in [0.29, 0.717) is 0 Å². The molecular weight excluding hydrogens is 735 g/mol. The fourth-order valence-electron chi connectivity index (χ4n) is 4.73. The van der Waals surface area contributed by atoms with Gasteiger partial charge in [-0.1, -0.05) is 30.3 Å². The van der Waals surface area contributed by atoms with Crippen LogP contribution in [0.15, 0.2) is 59.7 Å². The van der Waals surface area contributed by atoms with Gasteiger partial charge in [0.1, 0.15) is 24.9 Å². The Labute approximate surface area is 278 Å². The van der Waals surface area contributed by atoms with Crippen LogP contribution in [-0.2, 0) is 42.9 Å². The molecule has 5 rings (SSSR count). The highest BCUT2D eigenvalue weighted by atomic mass is 31.3. The summed E-state index contributed by atoms with van der Waals surface area (Å²) in [7, 11) is -17.1. The molecule has 1 aliphatic heterocycles. The van der Waals surface area contributed by atoms with Crippen molar-refractivity contribution < 1.29 is 75.7 Å². The number of imidazole rings is 1. The number of esters is 1. The lowest BCUT2D eigenvalue weighted by Gasteiger charge is -2.18. The lowest BCUT2D eigenvalue weighted by atomic mass is 9.97. The number of anilines is 1. The van der Waals surface area contributed by atoms with Crippen LogP contribution >= 0.6 is 23.5 Å². The molecule has 2 aromatic carbocycles. The van der Waals surface area contributed by atoms with Gasteiger partial charge in [-0.3, -0.25) is 23.7 Å². The van der Waals surface area contributed by atoms with E-state index in [0.717, 1.165) is 29.1 Å². The van der Waals surface area contributed by atoms with Crippen molar-refractivity contribution in [1.29, 1.82) is 0 Å². The summed E-state index contributed by atoms with van der Waals surface area (Å²) in [6.45, 7) is -1.69. The Morgan fingerprint density at radius 3 is 2.34 bits per heavy atom. The first kappa shape index (κ1) is 37.3. The average molecular weight is 761 g/mol. The number of aromatic amines is 1. The molecule has 22 nitrogen and oxygen atoms in total. The summed E-state index contributed by atoms with van der Waals surface area (Å²) in [5.41, 5.74) is 4.19. The van der Waals surface area contributed by atoms with Crippen LogP contribution in [0.2, 0.25) is 0 Å². The molecule has 50 heavy (non-hydrogen) atoms. The molecule has 1 fully saturated rings. The largest absolute Gasteiger partial charge is 0.490 e. The van der Waals surface area contributed by atoms with Crippen LogP contribution in [0, 0.1) is 0 Å². The number of phosphoric ester groups is 1. The van der Waals surface area contributed by atoms with Gasteiger partial charge in [0.25, 0.3) is 5.56 Å². The number of benzene rings is 2. The molecule has 6 atom stereocenters. The lowest BCUT2D eigenvalue weighted by Crippen LogP contribution is -2.34. The number of nitrogen functional groups attached to an aromatic ring is 1. The minimum Gasteiger partial charge on any atom is -0.459 e. The normalized spacial score (nSPS) is 21.8. The Bertz CT molecular complexity index is 2140. The van der Waals surface area contributed by atoms with Crippen LogP contribution < -0.4 is 11.3 Å². The first-order valence-electron chi connectivity index (χ1n) is 13.8.